The smallest absolute Gasteiger partial charge is 0.257 e. The van der Waals surface area contributed by atoms with Crippen molar-refractivity contribution in [3.63, 3.8) is 0 Å². The topological polar surface area (TPSA) is 84.2 Å². The van der Waals surface area contributed by atoms with Crippen molar-refractivity contribution in [1.29, 1.82) is 0 Å². The largest absolute Gasteiger partial charge is 0.394 e. The van der Waals surface area contributed by atoms with Crippen LogP contribution in [0.5, 0.6) is 0 Å². The molecule has 0 spiro atoms. The van der Waals surface area contributed by atoms with Crippen molar-refractivity contribution in [3.8, 4) is 0 Å². The molecule has 4 rings (SSSR count). The van der Waals surface area contributed by atoms with E-state index in [1.165, 1.54) is 24.3 Å². The zero-order valence-electron chi connectivity index (χ0n) is 17.6. The number of nitrogens with one attached hydrogen (secondary N) is 2. The Morgan fingerprint density at radius 3 is 2.31 bits per heavy atom. The average molecular weight is 626 g/mol. The summed E-state index contributed by atoms with van der Waals surface area (Å²) in [4.78, 5) is 25.6. The molecule has 0 saturated heterocycles. The lowest BCUT2D eigenvalue weighted by Crippen LogP contribution is -2.18. The second-order valence-electron chi connectivity index (χ2n) is 7.89. The van der Waals surface area contributed by atoms with E-state index in [0.717, 1.165) is 18.2 Å². The van der Waals surface area contributed by atoms with Gasteiger partial charge < -0.3 is 16.4 Å². The summed E-state index contributed by atoms with van der Waals surface area (Å²) in [6.07, 6.45) is 0. The normalized spacial score (nSPS) is 18.0. The van der Waals surface area contributed by atoms with Crippen LogP contribution in [-0.2, 0) is 4.79 Å². The minimum Gasteiger partial charge on any atom is -0.394 e. The van der Waals surface area contributed by atoms with Crippen LogP contribution in [0.1, 0.15) is 21.8 Å². The molecule has 188 valence electrons. The van der Waals surface area contributed by atoms with E-state index in [4.69, 9.17) is 40.5 Å². The Morgan fingerprint density at radius 2 is 1.64 bits per heavy atom. The molecule has 1 aliphatic rings. The fourth-order valence-corrected chi connectivity index (χ4v) is 5.16. The van der Waals surface area contributed by atoms with Crippen LogP contribution in [0.3, 0.4) is 0 Å². The molecule has 0 aromatic heterocycles. The molecule has 0 aliphatic heterocycles. The zero-order chi connectivity index (χ0) is 26.5. The molecular weight excluding hydrogens is 613 g/mol. The molecule has 1 saturated carbocycles. The highest BCUT2D eigenvalue weighted by molar-refractivity contribution is 9.10. The van der Waals surface area contributed by atoms with E-state index in [1.54, 1.807) is 0 Å². The van der Waals surface area contributed by atoms with Crippen molar-refractivity contribution in [2.75, 3.05) is 16.4 Å². The molecule has 0 heterocycles. The van der Waals surface area contributed by atoms with Gasteiger partial charge in [0.1, 0.15) is 15.8 Å². The van der Waals surface area contributed by atoms with Crippen LogP contribution in [0.4, 0.5) is 34.6 Å². The van der Waals surface area contributed by atoms with Gasteiger partial charge in [0.05, 0.1) is 26.7 Å². The summed E-state index contributed by atoms with van der Waals surface area (Å²) in [5.74, 6) is -7.76. The van der Waals surface area contributed by atoms with Gasteiger partial charge in [-0.2, -0.15) is 0 Å². The first-order chi connectivity index (χ1) is 16.8. The van der Waals surface area contributed by atoms with Gasteiger partial charge >= 0.3 is 0 Å². The molecule has 2 unspecified atom stereocenters. The van der Waals surface area contributed by atoms with Gasteiger partial charge in [0, 0.05) is 11.6 Å². The van der Waals surface area contributed by atoms with Crippen molar-refractivity contribution in [2.24, 2.45) is 5.92 Å². The summed E-state index contributed by atoms with van der Waals surface area (Å²) in [6, 6.07) is 7.98. The highest BCUT2D eigenvalue weighted by Crippen LogP contribution is 2.65. The maximum absolute atomic E-state index is 14.2. The number of anilines is 3. The number of rotatable bonds is 5. The lowest BCUT2D eigenvalue weighted by Gasteiger charge is -2.11. The van der Waals surface area contributed by atoms with Gasteiger partial charge in [-0.1, -0.05) is 11.6 Å². The summed E-state index contributed by atoms with van der Waals surface area (Å²) in [6.45, 7) is 0. The van der Waals surface area contributed by atoms with Gasteiger partial charge in [0.25, 0.3) is 5.91 Å². The first kappa shape index (κ1) is 26.5. The van der Waals surface area contributed by atoms with E-state index >= 15 is 0 Å². The van der Waals surface area contributed by atoms with Gasteiger partial charge in [0.15, 0.2) is 17.5 Å². The van der Waals surface area contributed by atoms with E-state index in [0.29, 0.717) is 0 Å². The number of carbonyl (C=O) groups is 2. The van der Waals surface area contributed by atoms with Crippen molar-refractivity contribution >= 4 is 79.6 Å². The van der Waals surface area contributed by atoms with Crippen LogP contribution in [0.25, 0.3) is 0 Å². The molecule has 0 bridgehead atoms. The van der Waals surface area contributed by atoms with E-state index < -0.39 is 56.9 Å². The number of nitrogen functional groups attached to an aromatic ring is 1. The minimum absolute atomic E-state index is 0.0269. The van der Waals surface area contributed by atoms with E-state index in [9.17, 15) is 27.2 Å². The molecule has 13 heteroatoms. The molecule has 1 aliphatic carbocycles. The maximum Gasteiger partial charge on any atom is 0.257 e. The summed E-state index contributed by atoms with van der Waals surface area (Å²) in [5, 5.41) is 4.75. The zero-order valence-corrected chi connectivity index (χ0v) is 21.5. The Bertz CT molecular complexity index is 1400. The van der Waals surface area contributed by atoms with Crippen molar-refractivity contribution in [1.82, 2.24) is 0 Å². The van der Waals surface area contributed by atoms with E-state index in [-0.39, 0.29) is 32.0 Å². The molecule has 5 nitrogen and oxygen atoms in total. The van der Waals surface area contributed by atoms with Gasteiger partial charge in [-0.3, -0.25) is 9.59 Å². The van der Waals surface area contributed by atoms with Crippen molar-refractivity contribution in [2.45, 2.75) is 10.3 Å². The van der Waals surface area contributed by atoms with Crippen LogP contribution in [-0.4, -0.2) is 16.1 Å². The highest BCUT2D eigenvalue weighted by atomic mass is 79.9. The van der Waals surface area contributed by atoms with Crippen LogP contribution < -0.4 is 16.4 Å². The lowest BCUT2D eigenvalue weighted by atomic mass is 10.1. The fourth-order valence-electron chi connectivity index (χ4n) is 3.67. The third kappa shape index (κ3) is 4.87. The van der Waals surface area contributed by atoms with Crippen LogP contribution >= 0.6 is 50.7 Å². The minimum atomic E-state index is -1.60. The third-order valence-electron chi connectivity index (χ3n) is 5.55. The summed E-state index contributed by atoms with van der Waals surface area (Å²) in [7, 11) is 0. The summed E-state index contributed by atoms with van der Waals surface area (Å²) in [5.41, 5.74) is 4.35. The number of alkyl halides is 2. The molecule has 3 aromatic carbocycles. The van der Waals surface area contributed by atoms with Crippen LogP contribution in [0.15, 0.2) is 46.9 Å². The first-order valence-corrected chi connectivity index (χ1v) is 11.9. The number of carbonyl (C=O) groups excluding carboxylic acids is 2. The Kier molecular flexibility index (Phi) is 7.18. The number of halogens is 8. The number of benzene rings is 3. The molecule has 3 aromatic rings. The SMILES string of the molecule is Nc1c(F)ccc(NC(=O)c2cc(NC(=O)C3C(c4cc(F)c(F)c(Br)c4)C3(Cl)Cl)ccc2Cl)c1F. The molecule has 1 fully saturated rings. The maximum atomic E-state index is 14.2. The van der Waals surface area contributed by atoms with Gasteiger partial charge in [-0.15, -0.1) is 23.2 Å². The second-order valence-corrected chi connectivity index (χ2v) is 10.6. The van der Waals surface area contributed by atoms with E-state index in [2.05, 4.69) is 26.6 Å². The van der Waals surface area contributed by atoms with Crippen molar-refractivity contribution < 1.29 is 27.2 Å². The number of hydrogen-bond donors (Lipinski definition) is 3. The van der Waals surface area contributed by atoms with Crippen LogP contribution in [0.2, 0.25) is 5.02 Å². The lowest BCUT2D eigenvalue weighted by molar-refractivity contribution is -0.117. The molecular formula is C23H13BrCl3F4N3O2. The quantitative estimate of drug-likeness (QED) is 0.123. The molecule has 0 radical (unpaired) electrons. The molecule has 2 atom stereocenters. The van der Waals surface area contributed by atoms with Gasteiger partial charge in [-0.05, 0) is 64.0 Å². The Hall–Kier alpha value is -2.53. The average Bonchev–Trinajstić information content (AvgIpc) is 3.40. The van der Waals surface area contributed by atoms with Crippen LogP contribution in [0, 0.1) is 29.2 Å². The number of amides is 2. The standard InChI is InChI=1S/C23H13BrCl3F4N3O2/c24-11-5-8(6-14(29)18(11)30)16-17(23(16,26)27)22(36)33-9-1-2-12(25)10(7-9)21(35)34-15-4-3-13(28)20(32)19(15)31/h1-7,16-17H,32H2,(H,33,36)(H,34,35). The monoisotopic (exact) mass is 623 g/mol. The molecule has 4 N–H and O–H groups in total. The molecule has 2 amide bonds. The highest BCUT2D eigenvalue weighted by Gasteiger charge is 2.67. The van der Waals surface area contributed by atoms with Gasteiger partial charge in [-0.25, -0.2) is 17.6 Å². The second kappa shape index (κ2) is 9.74. The van der Waals surface area contributed by atoms with Crippen molar-refractivity contribution in [3.05, 3.63) is 86.4 Å². The summed E-state index contributed by atoms with van der Waals surface area (Å²) >= 11 is 21.5. The Labute approximate surface area is 225 Å². The first-order valence-electron chi connectivity index (χ1n) is 10.0. The molecule has 36 heavy (non-hydrogen) atoms. The Morgan fingerprint density at radius 1 is 0.944 bits per heavy atom. The number of hydrogen-bond acceptors (Lipinski definition) is 3. The predicted octanol–water partition coefficient (Wildman–Crippen LogP) is 7.02. The third-order valence-corrected chi connectivity index (χ3v) is 7.40. The summed E-state index contributed by atoms with van der Waals surface area (Å²) < 4.78 is 53.3. The Balaban J connectivity index is 1.53. The number of nitrogens with two attached hydrogens (primary N) is 1. The fraction of sp³-hybridized carbons (Fsp3) is 0.130. The van der Waals surface area contributed by atoms with Gasteiger partial charge in [0.2, 0.25) is 5.91 Å². The predicted molar refractivity (Wildman–Crippen MR) is 134 cm³/mol. The van der Waals surface area contributed by atoms with E-state index in [1.807, 2.05) is 0 Å².